The van der Waals surface area contributed by atoms with Crippen LogP contribution < -0.4 is 5.32 Å². The second kappa shape index (κ2) is 11.4. The van der Waals surface area contributed by atoms with Crippen LogP contribution in [0.4, 0.5) is 0 Å². The first-order valence-electron chi connectivity index (χ1n) is 16.4. The number of hydrogen-bond donors (Lipinski definition) is 2. The molecule has 43 heavy (non-hydrogen) atoms. The van der Waals surface area contributed by atoms with Gasteiger partial charge in [0, 0.05) is 73.6 Å². The first kappa shape index (κ1) is 29.1. The molecule has 8 heteroatoms. The Kier molecular flexibility index (Phi) is 7.67. The summed E-state index contributed by atoms with van der Waals surface area (Å²) in [6.45, 7) is 16.2. The maximum absolute atomic E-state index is 12.7. The molecule has 0 spiro atoms. The summed E-state index contributed by atoms with van der Waals surface area (Å²) in [6.07, 6.45) is 5.51. The molecule has 7 rings (SSSR count). The van der Waals surface area contributed by atoms with Crippen molar-refractivity contribution in [3.63, 3.8) is 0 Å². The Bertz CT molecular complexity index is 1500. The maximum Gasteiger partial charge on any atom is 0.236 e. The van der Waals surface area contributed by atoms with E-state index in [-0.39, 0.29) is 17.2 Å². The minimum atomic E-state index is 0.00714. The second-order valence-electron chi connectivity index (χ2n) is 14.4. The SMILES string of the molecule is Cc1cc(C)cc(-c2[nH]c3sc(C(C)(C)CC4C5CCC4C(=O)N5)cc3c2CN2CCN(CC(=O)N3CCCC3)CC2)c1. The average molecular weight is 602 g/mol. The van der Waals surface area contributed by atoms with Crippen molar-refractivity contribution in [2.45, 2.75) is 77.8 Å². The number of piperidine rings is 1. The minimum Gasteiger partial charge on any atom is -0.353 e. The van der Waals surface area contributed by atoms with Gasteiger partial charge in [-0.3, -0.25) is 19.4 Å². The topological polar surface area (TPSA) is 71.7 Å². The van der Waals surface area contributed by atoms with Gasteiger partial charge in [0.05, 0.1) is 12.2 Å². The van der Waals surface area contributed by atoms with Crippen molar-refractivity contribution < 1.29 is 9.59 Å². The Balaban J connectivity index is 1.13. The highest BCUT2D eigenvalue weighted by molar-refractivity contribution is 7.18. The normalized spacial score (nSPS) is 24.9. The van der Waals surface area contributed by atoms with Gasteiger partial charge in [-0.05, 0) is 81.0 Å². The Labute approximate surface area is 260 Å². The van der Waals surface area contributed by atoms with Gasteiger partial charge in [-0.2, -0.15) is 0 Å². The highest BCUT2D eigenvalue weighted by Gasteiger charge is 2.49. The summed E-state index contributed by atoms with van der Waals surface area (Å²) >= 11 is 1.90. The molecule has 3 unspecified atom stereocenters. The van der Waals surface area contributed by atoms with Gasteiger partial charge in [-0.1, -0.05) is 31.0 Å². The van der Waals surface area contributed by atoms with Crippen molar-refractivity contribution in [2.24, 2.45) is 11.8 Å². The van der Waals surface area contributed by atoms with Gasteiger partial charge in [0.15, 0.2) is 0 Å². The van der Waals surface area contributed by atoms with Gasteiger partial charge in [-0.15, -0.1) is 11.3 Å². The molecule has 1 aliphatic carbocycles. The fourth-order valence-electron chi connectivity index (χ4n) is 8.32. The van der Waals surface area contributed by atoms with Crippen LogP contribution in [-0.4, -0.2) is 83.4 Å². The van der Waals surface area contributed by atoms with E-state index in [0.29, 0.717) is 24.4 Å². The number of rotatable bonds is 8. The van der Waals surface area contributed by atoms with E-state index in [4.69, 9.17) is 0 Å². The van der Waals surface area contributed by atoms with Crippen LogP contribution in [0.1, 0.15) is 67.5 Å². The number of thiophene rings is 1. The zero-order chi connectivity index (χ0) is 29.9. The molecule has 3 saturated heterocycles. The van der Waals surface area contributed by atoms with Crippen LogP contribution in [-0.2, 0) is 21.5 Å². The summed E-state index contributed by atoms with van der Waals surface area (Å²) in [5.74, 6) is 1.22. The number of likely N-dealkylation sites (tertiary alicyclic amines) is 1. The number of fused-ring (bicyclic) bond motifs is 3. The number of piperazine rings is 1. The molecule has 1 aromatic carbocycles. The van der Waals surface area contributed by atoms with E-state index < -0.39 is 0 Å². The van der Waals surface area contributed by atoms with Crippen LogP contribution in [0.15, 0.2) is 24.3 Å². The molecule has 7 nitrogen and oxygen atoms in total. The molecule has 1 saturated carbocycles. The number of nitrogens with one attached hydrogen (secondary N) is 2. The number of aryl methyl sites for hydroxylation is 2. The Morgan fingerprint density at radius 2 is 1.65 bits per heavy atom. The second-order valence-corrected chi connectivity index (χ2v) is 15.5. The van der Waals surface area contributed by atoms with Gasteiger partial charge in [0.25, 0.3) is 0 Å². The van der Waals surface area contributed by atoms with Gasteiger partial charge >= 0.3 is 0 Å². The maximum atomic E-state index is 12.7. The minimum absolute atomic E-state index is 0.00714. The van der Waals surface area contributed by atoms with Crippen molar-refractivity contribution in [3.8, 4) is 11.3 Å². The number of carbonyl (C=O) groups excluding carboxylic acids is 2. The molecule has 230 valence electrons. The van der Waals surface area contributed by atoms with Crippen LogP contribution in [0, 0.1) is 25.7 Å². The van der Waals surface area contributed by atoms with Crippen molar-refractivity contribution in [2.75, 3.05) is 45.8 Å². The summed E-state index contributed by atoms with van der Waals surface area (Å²) in [5.41, 5.74) is 6.47. The highest BCUT2D eigenvalue weighted by atomic mass is 32.1. The van der Waals surface area contributed by atoms with E-state index in [2.05, 4.69) is 72.1 Å². The molecular formula is C35H47N5O2S. The molecule has 0 radical (unpaired) electrons. The first-order valence-corrected chi connectivity index (χ1v) is 17.2. The van der Waals surface area contributed by atoms with E-state index in [0.717, 1.165) is 77.9 Å². The van der Waals surface area contributed by atoms with Gasteiger partial charge in [0.2, 0.25) is 11.8 Å². The van der Waals surface area contributed by atoms with E-state index in [1.54, 1.807) is 0 Å². The molecule has 3 aromatic rings. The third-order valence-corrected chi connectivity index (χ3v) is 12.1. The lowest BCUT2D eigenvalue weighted by Crippen LogP contribution is -2.49. The fourth-order valence-corrected chi connectivity index (χ4v) is 9.52. The third-order valence-electron chi connectivity index (χ3n) is 10.7. The smallest absolute Gasteiger partial charge is 0.236 e. The Morgan fingerprint density at radius 3 is 2.30 bits per heavy atom. The largest absolute Gasteiger partial charge is 0.353 e. The van der Waals surface area contributed by atoms with Crippen molar-refractivity contribution in [1.29, 1.82) is 0 Å². The summed E-state index contributed by atoms with van der Waals surface area (Å²) in [4.78, 5) is 38.7. The zero-order valence-electron chi connectivity index (χ0n) is 26.3. The number of benzene rings is 1. The lowest BCUT2D eigenvalue weighted by atomic mass is 9.78. The van der Waals surface area contributed by atoms with E-state index >= 15 is 0 Å². The van der Waals surface area contributed by atoms with Crippen molar-refractivity contribution in [3.05, 3.63) is 45.8 Å². The number of aromatic amines is 1. The van der Waals surface area contributed by atoms with Crippen LogP contribution in [0.25, 0.3) is 21.5 Å². The van der Waals surface area contributed by atoms with Crippen LogP contribution in [0.3, 0.4) is 0 Å². The molecule has 3 atom stereocenters. The quantitative estimate of drug-likeness (QED) is 0.361. The number of hydrogen-bond acceptors (Lipinski definition) is 5. The van der Waals surface area contributed by atoms with Gasteiger partial charge < -0.3 is 15.2 Å². The van der Waals surface area contributed by atoms with Crippen molar-refractivity contribution >= 4 is 33.4 Å². The fraction of sp³-hybridized carbons (Fsp3) is 0.600. The number of carbonyl (C=O) groups is 2. The first-order chi connectivity index (χ1) is 20.6. The average Bonchev–Trinajstić information content (AvgIpc) is 3.78. The third kappa shape index (κ3) is 5.67. The van der Waals surface area contributed by atoms with E-state index in [1.165, 1.54) is 43.0 Å². The molecule has 4 aliphatic rings. The van der Waals surface area contributed by atoms with Crippen LogP contribution in [0.2, 0.25) is 0 Å². The Hall–Kier alpha value is -2.68. The molecule has 2 aromatic heterocycles. The molecule has 4 fully saturated rings. The standard InChI is InChI=1S/C35H47N5O2S/c1-22-15-23(2)17-24(16-22)32-28(20-38-11-13-39(14-12-38)21-31(41)40-9-5-6-10-40)26-18-30(43-34(26)37-32)35(3,4)19-27-25-7-8-29(27)36-33(25)42/h15-18,25,27,29,37H,5-14,19-21H2,1-4H3,(H,36,42). The zero-order valence-corrected chi connectivity index (χ0v) is 27.1. The monoisotopic (exact) mass is 601 g/mol. The lowest BCUT2D eigenvalue weighted by molar-refractivity contribution is -0.131. The van der Waals surface area contributed by atoms with Crippen LogP contribution >= 0.6 is 11.3 Å². The predicted molar refractivity (Wildman–Crippen MR) is 174 cm³/mol. The van der Waals surface area contributed by atoms with E-state index in [1.807, 2.05) is 16.2 Å². The number of amides is 2. The van der Waals surface area contributed by atoms with Crippen molar-refractivity contribution in [1.82, 2.24) is 25.0 Å². The van der Waals surface area contributed by atoms with Crippen LogP contribution in [0.5, 0.6) is 0 Å². The highest BCUT2D eigenvalue weighted by Crippen LogP contribution is 2.48. The van der Waals surface area contributed by atoms with E-state index in [9.17, 15) is 9.59 Å². The molecule has 3 aliphatic heterocycles. The number of H-pyrrole nitrogens is 1. The number of nitrogens with zero attached hydrogens (tertiary/aromatic N) is 3. The summed E-state index contributed by atoms with van der Waals surface area (Å²) < 4.78 is 0. The summed E-state index contributed by atoms with van der Waals surface area (Å²) in [5, 5.41) is 4.59. The Morgan fingerprint density at radius 1 is 0.953 bits per heavy atom. The molecule has 2 N–H and O–H groups in total. The summed E-state index contributed by atoms with van der Waals surface area (Å²) in [6, 6.07) is 9.66. The molecular weight excluding hydrogens is 554 g/mol. The molecule has 5 heterocycles. The lowest BCUT2D eigenvalue weighted by Gasteiger charge is -2.35. The predicted octanol–water partition coefficient (Wildman–Crippen LogP) is 5.45. The van der Waals surface area contributed by atoms with Gasteiger partial charge in [-0.25, -0.2) is 0 Å². The molecule has 2 amide bonds. The number of aromatic nitrogens is 1. The summed E-state index contributed by atoms with van der Waals surface area (Å²) in [7, 11) is 0. The molecule has 2 bridgehead atoms. The van der Waals surface area contributed by atoms with Gasteiger partial charge in [0.1, 0.15) is 4.83 Å².